The molecule has 0 atom stereocenters. The van der Waals surface area contributed by atoms with Crippen LogP contribution in [0.15, 0.2) is 47.0 Å². The molecule has 0 unspecified atom stereocenters. The molecule has 0 N–H and O–H groups in total. The van der Waals surface area contributed by atoms with Crippen LogP contribution in [0.1, 0.15) is 5.89 Å². The molecule has 4 nitrogen and oxygen atoms in total. The van der Waals surface area contributed by atoms with Crippen molar-refractivity contribution in [2.24, 2.45) is 0 Å². The van der Waals surface area contributed by atoms with E-state index in [9.17, 15) is 13.2 Å². The Kier molecular flexibility index (Phi) is 4.38. The topological polar surface area (TPSA) is 48.2 Å². The van der Waals surface area contributed by atoms with Crippen LogP contribution < -0.4 is 4.74 Å². The van der Waals surface area contributed by atoms with Gasteiger partial charge in [0, 0.05) is 15.6 Å². The maximum Gasteiger partial charge on any atom is 0.471 e. The van der Waals surface area contributed by atoms with Crippen molar-refractivity contribution in [3.8, 4) is 22.9 Å². The number of alkyl halides is 3. The summed E-state index contributed by atoms with van der Waals surface area (Å²) < 4.78 is 47.4. The molecule has 0 spiro atoms. The lowest BCUT2D eigenvalue weighted by Crippen LogP contribution is -2.04. The van der Waals surface area contributed by atoms with Gasteiger partial charge in [-0.25, -0.2) is 0 Å². The van der Waals surface area contributed by atoms with Crippen LogP contribution in [0.4, 0.5) is 13.2 Å². The van der Waals surface area contributed by atoms with Crippen LogP contribution in [0.5, 0.6) is 11.5 Å². The molecule has 0 aliphatic heterocycles. The van der Waals surface area contributed by atoms with Crippen molar-refractivity contribution < 1.29 is 22.4 Å². The highest BCUT2D eigenvalue weighted by atomic mass is 35.5. The third-order valence-electron chi connectivity index (χ3n) is 2.83. The molecule has 1 aromatic heterocycles. The number of ether oxygens (including phenoxy) is 1. The number of halogens is 5. The Bertz CT molecular complexity index is 861. The van der Waals surface area contributed by atoms with Crippen molar-refractivity contribution in [1.82, 2.24) is 10.1 Å². The van der Waals surface area contributed by atoms with Crippen molar-refractivity contribution in [3.63, 3.8) is 0 Å². The monoisotopic (exact) mass is 374 g/mol. The lowest BCUT2D eigenvalue weighted by Gasteiger charge is -2.07. The van der Waals surface area contributed by atoms with Crippen molar-refractivity contribution in [2.75, 3.05) is 0 Å². The molecular weight excluding hydrogens is 368 g/mol. The van der Waals surface area contributed by atoms with Gasteiger partial charge in [0.15, 0.2) is 0 Å². The minimum Gasteiger partial charge on any atom is -0.457 e. The van der Waals surface area contributed by atoms with E-state index in [2.05, 4.69) is 14.7 Å². The fourth-order valence-corrected chi connectivity index (χ4v) is 2.38. The molecule has 124 valence electrons. The quantitative estimate of drug-likeness (QED) is 0.576. The average Bonchev–Trinajstić information content (AvgIpc) is 2.96. The predicted molar refractivity (Wildman–Crippen MR) is 81.3 cm³/mol. The summed E-state index contributed by atoms with van der Waals surface area (Å²) in [7, 11) is 0. The lowest BCUT2D eigenvalue weighted by atomic mass is 10.2. The maximum absolute atomic E-state index is 12.5. The summed E-state index contributed by atoms with van der Waals surface area (Å²) in [4.78, 5) is 3.33. The molecule has 0 saturated carbocycles. The summed E-state index contributed by atoms with van der Waals surface area (Å²) in [5.41, 5.74) is 0.305. The zero-order valence-electron chi connectivity index (χ0n) is 11.6. The van der Waals surface area contributed by atoms with Gasteiger partial charge in [-0.2, -0.15) is 18.2 Å². The summed E-state index contributed by atoms with van der Waals surface area (Å²) in [6, 6.07) is 10.9. The smallest absolute Gasteiger partial charge is 0.457 e. The number of benzene rings is 2. The van der Waals surface area contributed by atoms with Gasteiger partial charge < -0.3 is 9.26 Å². The second-order valence-corrected chi connectivity index (χ2v) is 5.53. The Morgan fingerprint density at radius 1 is 0.958 bits per heavy atom. The average molecular weight is 375 g/mol. The van der Waals surface area contributed by atoms with E-state index in [0.29, 0.717) is 27.1 Å². The van der Waals surface area contributed by atoms with Gasteiger partial charge in [-0.3, -0.25) is 0 Å². The van der Waals surface area contributed by atoms with E-state index < -0.39 is 12.1 Å². The van der Waals surface area contributed by atoms with Gasteiger partial charge in [0.25, 0.3) is 0 Å². The first-order chi connectivity index (χ1) is 11.3. The van der Waals surface area contributed by atoms with Gasteiger partial charge in [-0.05, 0) is 30.3 Å². The molecule has 0 bridgehead atoms. The Labute approximate surface area is 143 Å². The van der Waals surface area contributed by atoms with Crippen LogP contribution in [0, 0.1) is 0 Å². The van der Waals surface area contributed by atoms with Crippen LogP contribution in [0.2, 0.25) is 10.0 Å². The zero-order chi connectivity index (χ0) is 17.3. The molecule has 0 aliphatic rings. The van der Waals surface area contributed by atoms with E-state index in [1.54, 1.807) is 30.3 Å². The van der Waals surface area contributed by atoms with Crippen LogP contribution in [-0.4, -0.2) is 10.1 Å². The Balaban J connectivity index is 1.88. The minimum absolute atomic E-state index is 0.197. The summed E-state index contributed by atoms with van der Waals surface area (Å²) in [5.74, 6) is -0.875. The number of nitrogens with zero attached hydrogens (tertiary/aromatic N) is 2. The van der Waals surface area contributed by atoms with Crippen molar-refractivity contribution >= 4 is 23.2 Å². The Hall–Kier alpha value is -2.25. The number of hydrogen-bond donors (Lipinski definition) is 0. The standard InChI is InChI=1S/C15H7Cl2F3N2O2/c16-9-5-10(17)7-12(6-9)23-11-3-1-2-8(4-11)13-21-14(24-22-13)15(18,19)20/h1-7H. The van der Waals surface area contributed by atoms with E-state index in [0.717, 1.165) is 0 Å². The van der Waals surface area contributed by atoms with Crippen molar-refractivity contribution in [3.05, 3.63) is 58.4 Å². The van der Waals surface area contributed by atoms with Gasteiger partial charge in [-0.1, -0.05) is 40.5 Å². The van der Waals surface area contributed by atoms with E-state index in [-0.39, 0.29) is 5.82 Å². The molecule has 0 radical (unpaired) electrons. The summed E-state index contributed by atoms with van der Waals surface area (Å²) >= 11 is 11.8. The van der Waals surface area contributed by atoms with Crippen molar-refractivity contribution in [2.45, 2.75) is 6.18 Å². The highest BCUT2D eigenvalue weighted by molar-refractivity contribution is 6.34. The first kappa shape index (κ1) is 16.6. The fourth-order valence-electron chi connectivity index (χ4n) is 1.88. The Morgan fingerprint density at radius 3 is 2.29 bits per heavy atom. The minimum atomic E-state index is -4.70. The second kappa shape index (κ2) is 6.33. The van der Waals surface area contributed by atoms with Crippen LogP contribution in [0.3, 0.4) is 0 Å². The van der Waals surface area contributed by atoms with E-state index in [4.69, 9.17) is 27.9 Å². The molecule has 0 saturated heterocycles. The molecule has 3 aromatic rings. The van der Waals surface area contributed by atoms with Gasteiger partial charge in [0.1, 0.15) is 11.5 Å². The zero-order valence-corrected chi connectivity index (χ0v) is 13.2. The molecule has 24 heavy (non-hydrogen) atoms. The third-order valence-corrected chi connectivity index (χ3v) is 3.27. The summed E-state index contributed by atoms with van der Waals surface area (Å²) in [6.07, 6.45) is -4.70. The number of rotatable bonds is 3. The third kappa shape index (κ3) is 3.80. The highest BCUT2D eigenvalue weighted by Crippen LogP contribution is 2.32. The van der Waals surface area contributed by atoms with E-state index in [1.807, 2.05) is 0 Å². The largest absolute Gasteiger partial charge is 0.471 e. The molecule has 0 fully saturated rings. The molecule has 1 heterocycles. The number of hydrogen-bond acceptors (Lipinski definition) is 4. The van der Waals surface area contributed by atoms with E-state index in [1.165, 1.54) is 12.1 Å². The molecule has 3 rings (SSSR count). The molecule has 0 aliphatic carbocycles. The van der Waals surface area contributed by atoms with Gasteiger partial charge in [0.2, 0.25) is 5.82 Å². The SMILES string of the molecule is FC(F)(F)c1nc(-c2cccc(Oc3cc(Cl)cc(Cl)c3)c2)no1. The fraction of sp³-hybridized carbons (Fsp3) is 0.0667. The maximum atomic E-state index is 12.5. The molecule has 2 aromatic carbocycles. The highest BCUT2D eigenvalue weighted by Gasteiger charge is 2.38. The van der Waals surface area contributed by atoms with Gasteiger partial charge in [0.05, 0.1) is 0 Å². The number of aromatic nitrogens is 2. The lowest BCUT2D eigenvalue weighted by molar-refractivity contribution is -0.159. The van der Waals surface area contributed by atoms with Crippen LogP contribution >= 0.6 is 23.2 Å². The first-order valence-electron chi connectivity index (χ1n) is 6.46. The van der Waals surface area contributed by atoms with Crippen LogP contribution in [-0.2, 0) is 6.18 Å². The predicted octanol–water partition coefficient (Wildman–Crippen LogP) is 5.85. The Morgan fingerprint density at radius 2 is 1.67 bits per heavy atom. The molecular formula is C15H7Cl2F3N2O2. The van der Waals surface area contributed by atoms with Gasteiger partial charge >= 0.3 is 12.1 Å². The molecule has 9 heteroatoms. The second-order valence-electron chi connectivity index (χ2n) is 4.66. The summed E-state index contributed by atoms with van der Waals surface area (Å²) in [6.45, 7) is 0. The molecule has 0 amide bonds. The van der Waals surface area contributed by atoms with Gasteiger partial charge in [-0.15, -0.1) is 0 Å². The first-order valence-corrected chi connectivity index (χ1v) is 7.22. The van der Waals surface area contributed by atoms with E-state index >= 15 is 0 Å². The summed E-state index contributed by atoms with van der Waals surface area (Å²) in [5, 5.41) is 4.11. The van der Waals surface area contributed by atoms with Crippen molar-refractivity contribution in [1.29, 1.82) is 0 Å². The normalized spacial score (nSPS) is 11.5. The van der Waals surface area contributed by atoms with Crippen LogP contribution in [0.25, 0.3) is 11.4 Å².